The molecule has 0 saturated heterocycles. The fourth-order valence-corrected chi connectivity index (χ4v) is 1.61. The van der Waals surface area contributed by atoms with Crippen molar-refractivity contribution in [3.8, 4) is 0 Å². The molecule has 0 aromatic rings. The zero-order chi connectivity index (χ0) is 5.98. The van der Waals surface area contributed by atoms with Crippen LogP contribution in [0.15, 0.2) is 0 Å². The van der Waals surface area contributed by atoms with Crippen molar-refractivity contribution in [2.45, 2.75) is 36.6 Å². The van der Waals surface area contributed by atoms with Gasteiger partial charge in [0.25, 0.3) is 0 Å². The van der Waals surface area contributed by atoms with E-state index < -0.39 is 0 Å². The van der Waals surface area contributed by atoms with E-state index in [1.165, 1.54) is 25.7 Å². The molecule has 0 bridgehead atoms. The zero-order valence-electron chi connectivity index (χ0n) is 5.35. The molecule has 2 N–H and O–H groups in total. The zero-order valence-corrected chi connectivity index (χ0v) is 8.65. The number of hydrogen-bond acceptors (Lipinski definition) is 1. The van der Waals surface area contributed by atoms with Crippen LogP contribution < -0.4 is 5.73 Å². The molecule has 3 heteroatoms. The first kappa shape index (κ1) is 9.92. The van der Waals surface area contributed by atoms with Crippen LogP contribution in [-0.2, 0) is 0 Å². The summed E-state index contributed by atoms with van der Waals surface area (Å²) in [6, 6.07) is 0.490. The van der Waals surface area contributed by atoms with E-state index in [4.69, 9.17) is 5.73 Å². The maximum atomic E-state index is 5.68. The van der Waals surface area contributed by atoms with E-state index >= 15 is 0 Å². The lowest BCUT2D eigenvalue weighted by Gasteiger charge is -2.21. The van der Waals surface area contributed by atoms with Gasteiger partial charge in [-0.05, 0) is 25.7 Å². The number of rotatable bonds is 0. The van der Waals surface area contributed by atoms with Gasteiger partial charge in [0, 0.05) is 10.9 Å². The fourth-order valence-electron chi connectivity index (χ4n) is 1.08. The lowest BCUT2D eigenvalue weighted by Crippen LogP contribution is -2.26. The quantitative estimate of drug-likeness (QED) is 0.663. The van der Waals surface area contributed by atoms with Crippen molar-refractivity contribution in [1.29, 1.82) is 0 Å². The molecule has 1 saturated carbocycles. The van der Waals surface area contributed by atoms with Crippen LogP contribution in [0, 0.1) is 0 Å². The normalized spacial score (nSPS) is 35.3. The molecule has 1 nitrogen and oxygen atoms in total. The van der Waals surface area contributed by atoms with Crippen LogP contribution in [0.3, 0.4) is 0 Å². The minimum Gasteiger partial charge on any atom is -0.328 e. The van der Waals surface area contributed by atoms with Crippen LogP contribution in [0.5, 0.6) is 0 Å². The van der Waals surface area contributed by atoms with Crippen LogP contribution in [0.1, 0.15) is 25.7 Å². The molecular formula is C6H13Br2N. The maximum Gasteiger partial charge on any atom is 0.0147 e. The summed E-state index contributed by atoms with van der Waals surface area (Å²) in [4.78, 5) is 0.752. The molecule has 0 unspecified atom stereocenters. The first-order valence-electron chi connectivity index (χ1n) is 3.18. The van der Waals surface area contributed by atoms with Crippen LogP contribution in [0.4, 0.5) is 0 Å². The molecule has 0 amide bonds. The highest BCUT2D eigenvalue weighted by Gasteiger charge is 2.14. The summed E-state index contributed by atoms with van der Waals surface area (Å²) >= 11 is 3.56. The third-order valence-corrected chi connectivity index (χ3v) is 2.62. The Kier molecular flexibility index (Phi) is 5.17. The Labute approximate surface area is 75.3 Å². The lowest BCUT2D eigenvalue weighted by molar-refractivity contribution is 0.455. The van der Waals surface area contributed by atoms with Crippen molar-refractivity contribution in [3.63, 3.8) is 0 Å². The van der Waals surface area contributed by atoms with E-state index in [1.807, 2.05) is 0 Å². The van der Waals surface area contributed by atoms with Crippen molar-refractivity contribution in [3.05, 3.63) is 0 Å². The topological polar surface area (TPSA) is 26.0 Å². The predicted molar refractivity (Wildman–Crippen MR) is 49.5 cm³/mol. The summed E-state index contributed by atoms with van der Waals surface area (Å²) in [5, 5.41) is 0. The first-order chi connectivity index (χ1) is 3.79. The van der Waals surface area contributed by atoms with Gasteiger partial charge in [0.05, 0.1) is 0 Å². The Hall–Kier alpha value is 0.920. The van der Waals surface area contributed by atoms with Gasteiger partial charge in [-0.2, -0.15) is 0 Å². The Morgan fingerprint density at radius 1 is 1.11 bits per heavy atom. The number of halogens is 2. The van der Waals surface area contributed by atoms with E-state index in [-0.39, 0.29) is 17.0 Å². The van der Waals surface area contributed by atoms with Gasteiger partial charge in [0.15, 0.2) is 0 Å². The average molecular weight is 259 g/mol. The molecule has 0 radical (unpaired) electrons. The molecule has 0 aromatic heterocycles. The van der Waals surface area contributed by atoms with Crippen LogP contribution in [0.25, 0.3) is 0 Å². The van der Waals surface area contributed by atoms with Gasteiger partial charge in [-0.1, -0.05) is 15.9 Å². The smallest absolute Gasteiger partial charge is 0.0147 e. The molecule has 0 heterocycles. The summed E-state index contributed by atoms with van der Waals surface area (Å²) in [7, 11) is 0. The molecular weight excluding hydrogens is 246 g/mol. The third kappa shape index (κ3) is 3.58. The minimum atomic E-state index is 0. The molecule has 0 aliphatic heterocycles. The highest BCUT2D eigenvalue weighted by Crippen LogP contribution is 2.22. The third-order valence-electron chi connectivity index (χ3n) is 1.70. The Bertz CT molecular complexity index is 59.5. The summed E-state index contributed by atoms with van der Waals surface area (Å²) in [5.74, 6) is 0. The van der Waals surface area contributed by atoms with E-state index in [0.29, 0.717) is 6.04 Å². The Morgan fingerprint density at radius 2 is 1.56 bits per heavy atom. The second-order valence-corrected chi connectivity index (χ2v) is 3.81. The lowest BCUT2D eigenvalue weighted by atomic mass is 9.96. The molecule has 0 aromatic carbocycles. The van der Waals surface area contributed by atoms with Crippen molar-refractivity contribution < 1.29 is 0 Å². The molecule has 9 heavy (non-hydrogen) atoms. The number of hydrogen-bond donors (Lipinski definition) is 1. The molecule has 1 aliphatic carbocycles. The molecule has 1 rings (SSSR count). The van der Waals surface area contributed by atoms with Gasteiger partial charge in [-0.15, -0.1) is 17.0 Å². The van der Waals surface area contributed by atoms with Gasteiger partial charge >= 0.3 is 0 Å². The van der Waals surface area contributed by atoms with Gasteiger partial charge in [-0.25, -0.2) is 0 Å². The van der Waals surface area contributed by atoms with E-state index in [9.17, 15) is 0 Å². The average Bonchev–Trinajstić information content (AvgIpc) is 1.77. The number of nitrogens with two attached hydrogens (primary N) is 1. The molecule has 0 atom stereocenters. The van der Waals surface area contributed by atoms with Crippen LogP contribution >= 0.6 is 32.9 Å². The summed E-state index contributed by atoms with van der Waals surface area (Å²) < 4.78 is 0. The van der Waals surface area contributed by atoms with Crippen molar-refractivity contribution >= 4 is 32.9 Å². The number of alkyl halides is 1. The Morgan fingerprint density at radius 3 is 1.89 bits per heavy atom. The summed E-state index contributed by atoms with van der Waals surface area (Å²) in [5.41, 5.74) is 5.68. The molecule has 1 fully saturated rings. The fraction of sp³-hybridized carbons (Fsp3) is 1.00. The van der Waals surface area contributed by atoms with E-state index in [1.54, 1.807) is 0 Å². The summed E-state index contributed by atoms with van der Waals surface area (Å²) in [6.45, 7) is 0. The van der Waals surface area contributed by atoms with Gasteiger partial charge in [0.1, 0.15) is 0 Å². The predicted octanol–water partition coefficient (Wildman–Crippen LogP) is 2.23. The van der Waals surface area contributed by atoms with E-state index in [2.05, 4.69) is 15.9 Å². The van der Waals surface area contributed by atoms with Gasteiger partial charge < -0.3 is 5.73 Å². The first-order valence-corrected chi connectivity index (χ1v) is 4.10. The molecule has 56 valence electrons. The molecule has 1 aliphatic rings. The second-order valence-electron chi connectivity index (χ2n) is 2.51. The van der Waals surface area contributed by atoms with Crippen molar-refractivity contribution in [2.75, 3.05) is 0 Å². The van der Waals surface area contributed by atoms with Crippen LogP contribution in [0.2, 0.25) is 0 Å². The standard InChI is InChI=1S/C6H12BrN.BrH/c7-5-1-3-6(8)4-2-5;/h5-6H,1-4,8H2;1H. The van der Waals surface area contributed by atoms with Crippen LogP contribution in [-0.4, -0.2) is 10.9 Å². The van der Waals surface area contributed by atoms with E-state index in [0.717, 1.165) is 4.83 Å². The van der Waals surface area contributed by atoms with Crippen molar-refractivity contribution in [2.24, 2.45) is 5.73 Å². The highest BCUT2D eigenvalue weighted by molar-refractivity contribution is 9.09. The molecule has 0 spiro atoms. The minimum absolute atomic E-state index is 0. The second kappa shape index (κ2) is 4.69. The Balaban J connectivity index is 0.000000640. The summed E-state index contributed by atoms with van der Waals surface area (Å²) in [6.07, 6.45) is 4.94. The monoisotopic (exact) mass is 257 g/mol. The largest absolute Gasteiger partial charge is 0.328 e. The van der Waals surface area contributed by atoms with Gasteiger partial charge in [0.2, 0.25) is 0 Å². The highest BCUT2D eigenvalue weighted by atomic mass is 79.9. The van der Waals surface area contributed by atoms with Crippen molar-refractivity contribution in [1.82, 2.24) is 0 Å². The SMILES string of the molecule is Br.NC1CCC(Br)CC1. The van der Waals surface area contributed by atoms with Gasteiger partial charge in [-0.3, -0.25) is 0 Å². The maximum absolute atomic E-state index is 5.68.